The van der Waals surface area contributed by atoms with Gasteiger partial charge in [0.25, 0.3) is 5.91 Å². The number of aromatic nitrogens is 2. The van der Waals surface area contributed by atoms with Gasteiger partial charge in [-0.05, 0) is 86.1 Å². The highest BCUT2D eigenvalue weighted by atomic mass is 79.9. The SMILES string of the molecule is CCn1c(NC(=O)c2c(F)cccc2Br)nc2cc(OCCOCCOC)c(C3CCN(C(=O)OC(C)(C)C)CC3)cc21. The van der Waals surface area contributed by atoms with Gasteiger partial charge < -0.3 is 28.4 Å². The van der Waals surface area contributed by atoms with Crippen molar-refractivity contribution in [3.63, 3.8) is 0 Å². The summed E-state index contributed by atoms with van der Waals surface area (Å²) in [6, 6.07) is 8.31. The lowest BCUT2D eigenvalue weighted by molar-refractivity contribution is 0.0204. The summed E-state index contributed by atoms with van der Waals surface area (Å²) in [5.74, 6) is -0.124. The molecule has 10 nitrogen and oxygen atoms in total. The molecule has 1 aliphatic heterocycles. The van der Waals surface area contributed by atoms with E-state index in [1.165, 1.54) is 12.1 Å². The number of anilines is 1. The van der Waals surface area contributed by atoms with Crippen LogP contribution in [0.5, 0.6) is 5.75 Å². The summed E-state index contributed by atoms with van der Waals surface area (Å²) in [6.45, 7) is 10.9. The molecule has 1 N–H and O–H groups in total. The average Bonchev–Trinajstić information content (AvgIpc) is 3.29. The molecule has 2 heterocycles. The van der Waals surface area contributed by atoms with Gasteiger partial charge in [0.05, 0.1) is 36.4 Å². The molecule has 2 aromatic carbocycles. The molecule has 0 unspecified atom stereocenters. The number of benzene rings is 2. The molecule has 12 heteroatoms. The quantitative estimate of drug-likeness (QED) is 0.238. The number of aryl methyl sites for hydroxylation is 1. The fourth-order valence-corrected chi connectivity index (χ4v) is 5.58. The second kappa shape index (κ2) is 14.5. The molecule has 43 heavy (non-hydrogen) atoms. The molecule has 0 radical (unpaired) electrons. The lowest BCUT2D eigenvalue weighted by Gasteiger charge is -2.34. The van der Waals surface area contributed by atoms with Gasteiger partial charge in [0.15, 0.2) is 0 Å². The van der Waals surface area contributed by atoms with E-state index < -0.39 is 17.3 Å². The summed E-state index contributed by atoms with van der Waals surface area (Å²) in [5, 5.41) is 2.79. The number of hydrogen-bond donors (Lipinski definition) is 1. The Kier molecular flexibility index (Phi) is 11.0. The topological polar surface area (TPSA) is 104 Å². The number of halogens is 2. The molecule has 1 aromatic heterocycles. The number of carbonyl (C=O) groups excluding carboxylic acids is 2. The van der Waals surface area contributed by atoms with Crippen LogP contribution in [0.25, 0.3) is 11.0 Å². The van der Waals surface area contributed by atoms with Crippen LogP contribution in [0.4, 0.5) is 15.1 Å². The van der Waals surface area contributed by atoms with E-state index in [1.807, 2.05) is 38.3 Å². The molecule has 1 fully saturated rings. The van der Waals surface area contributed by atoms with Crippen LogP contribution in [0.1, 0.15) is 62.4 Å². The molecule has 0 saturated carbocycles. The van der Waals surface area contributed by atoms with Crippen LogP contribution >= 0.6 is 15.9 Å². The van der Waals surface area contributed by atoms with E-state index in [0.717, 1.165) is 23.9 Å². The Hall–Kier alpha value is -3.22. The lowest BCUT2D eigenvalue weighted by Crippen LogP contribution is -2.41. The summed E-state index contributed by atoms with van der Waals surface area (Å²) < 4.78 is 39.1. The van der Waals surface area contributed by atoms with Crippen LogP contribution in [-0.2, 0) is 20.8 Å². The van der Waals surface area contributed by atoms with Gasteiger partial charge in [-0.15, -0.1) is 0 Å². The number of ether oxygens (including phenoxy) is 4. The van der Waals surface area contributed by atoms with Crippen molar-refractivity contribution >= 4 is 44.9 Å². The number of hydrogen-bond acceptors (Lipinski definition) is 7. The highest BCUT2D eigenvalue weighted by Gasteiger charge is 2.30. The monoisotopic (exact) mass is 662 g/mol. The first kappa shape index (κ1) is 32.7. The van der Waals surface area contributed by atoms with Crippen molar-refractivity contribution in [3.8, 4) is 5.75 Å². The smallest absolute Gasteiger partial charge is 0.410 e. The van der Waals surface area contributed by atoms with E-state index in [1.54, 1.807) is 18.1 Å². The largest absolute Gasteiger partial charge is 0.491 e. The predicted molar refractivity (Wildman–Crippen MR) is 165 cm³/mol. The molecular weight excluding hydrogens is 623 g/mol. The lowest BCUT2D eigenvalue weighted by atomic mass is 9.88. The molecular formula is C31H40BrFN4O6. The molecule has 234 valence electrons. The number of methoxy groups -OCH3 is 1. The van der Waals surface area contributed by atoms with Crippen LogP contribution in [0, 0.1) is 5.82 Å². The van der Waals surface area contributed by atoms with Crippen molar-refractivity contribution in [2.45, 2.75) is 58.6 Å². The zero-order chi connectivity index (χ0) is 31.1. The number of fused-ring (bicyclic) bond motifs is 1. The molecule has 0 spiro atoms. The number of nitrogens with one attached hydrogen (secondary N) is 1. The fourth-order valence-electron chi connectivity index (χ4n) is 5.06. The minimum Gasteiger partial charge on any atom is -0.491 e. The molecule has 0 aliphatic carbocycles. The molecule has 0 atom stereocenters. The van der Waals surface area contributed by atoms with Crippen molar-refractivity contribution in [1.29, 1.82) is 0 Å². The third-order valence-corrected chi connectivity index (χ3v) is 7.78. The van der Waals surface area contributed by atoms with E-state index in [0.29, 0.717) is 67.7 Å². The maximum atomic E-state index is 14.5. The summed E-state index contributed by atoms with van der Waals surface area (Å²) in [6.07, 6.45) is 1.16. The minimum absolute atomic E-state index is 0.0906. The van der Waals surface area contributed by atoms with Gasteiger partial charge in [-0.1, -0.05) is 6.07 Å². The molecule has 1 saturated heterocycles. The average molecular weight is 664 g/mol. The maximum Gasteiger partial charge on any atom is 0.410 e. The van der Waals surface area contributed by atoms with Gasteiger partial charge in [-0.25, -0.2) is 14.2 Å². The van der Waals surface area contributed by atoms with Gasteiger partial charge in [0, 0.05) is 37.3 Å². The van der Waals surface area contributed by atoms with Gasteiger partial charge >= 0.3 is 6.09 Å². The van der Waals surface area contributed by atoms with Gasteiger partial charge in [-0.3, -0.25) is 10.1 Å². The van der Waals surface area contributed by atoms with Gasteiger partial charge in [0.2, 0.25) is 5.95 Å². The summed E-state index contributed by atoms with van der Waals surface area (Å²) in [7, 11) is 1.62. The number of carbonyl (C=O) groups is 2. The van der Waals surface area contributed by atoms with E-state index in [-0.39, 0.29) is 17.6 Å². The maximum absolute atomic E-state index is 14.5. The summed E-state index contributed by atoms with van der Waals surface area (Å²) in [5.41, 5.74) is 1.80. The van der Waals surface area contributed by atoms with Crippen molar-refractivity contribution in [2.24, 2.45) is 0 Å². The van der Waals surface area contributed by atoms with Crippen molar-refractivity contribution in [1.82, 2.24) is 14.5 Å². The molecule has 4 rings (SSSR count). The fraction of sp³-hybridized carbons (Fsp3) is 0.516. The zero-order valence-electron chi connectivity index (χ0n) is 25.4. The van der Waals surface area contributed by atoms with E-state index >= 15 is 0 Å². The van der Waals surface area contributed by atoms with Crippen molar-refractivity contribution in [3.05, 3.63) is 51.7 Å². The van der Waals surface area contributed by atoms with Crippen LogP contribution in [0.3, 0.4) is 0 Å². The Morgan fingerprint density at radius 1 is 1.12 bits per heavy atom. The molecule has 1 aliphatic rings. The van der Waals surface area contributed by atoms with Crippen LogP contribution in [0.15, 0.2) is 34.8 Å². The number of amides is 2. The zero-order valence-corrected chi connectivity index (χ0v) is 27.0. The standard InChI is InChI=1S/C31H40BrFN4O6/c1-6-37-25-18-21(20-10-12-36(13-11-20)30(39)43-31(2,3)4)26(42-17-16-41-15-14-40-5)19-24(25)34-29(37)35-28(38)27-22(32)8-7-9-23(27)33/h7-9,18-20H,6,10-17H2,1-5H3,(H,34,35,38). The first-order chi connectivity index (χ1) is 20.5. The Morgan fingerprint density at radius 3 is 2.49 bits per heavy atom. The number of rotatable bonds is 11. The third kappa shape index (κ3) is 8.24. The molecule has 0 bridgehead atoms. The van der Waals surface area contributed by atoms with E-state index in [4.69, 9.17) is 18.9 Å². The Morgan fingerprint density at radius 2 is 1.84 bits per heavy atom. The van der Waals surface area contributed by atoms with Crippen LogP contribution in [-0.4, -0.2) is 78.7 Å². The van der Waals surface area contributed by atoms with Crippen LogP contribution < -0.4 is 10.1 Å². The summed E-state index contributed by atoms with van der Waals surface area (Å²) >= 11 is 3.27. The van der Waals surface area contributed by atoms with Gasteiger partial charge in [-0.2, -0.15) is 0 Å². The summed E-state index contributed by atoms with van der Waals surface area (Å²) in [4.78, 5) is 32.2. The van der Waals surface area contributed by atoms with E-state index in [9.17, 15) is 14.0 Å². The molecule has 3 aromatic rings. The Balaban J connectivity index is 1.61. The van der Waals surface area contributed by atoms with Crippen LogP contribution in [0.2, 0.25) is 0 Å². The Bertz CT molecular complexity index is 1410. The number of nitrogens with zero attached hydrogens (tertiary/aromatic N) is 3. The Labute approximate surface area is 259 Å². The number of likely N-dealkylation sites (tertiary alicyclic amines) is 1. The minimum atomic E-state index is -0.630. The van der Waals surface area contributed by atoms with Crippen molar-refractivity contribution < 1.29 is 32.9 Å². The first-order valence-electron chi connectivity index (χ1n) is 14.5. The van der Waals surface area contributed by atoms with Crippen molar-refractivity contribution in [2.75, 3.05) is 51.9 Å². The number of piperidine rings is 1. The highest BCUT2D eigenvalue weighted by molar-refractivity contribution is 9.10. The molecule has 2 amide bonds. The second-order valence-electron chi connectivity index (χ2n) is 11.3. The normalized spacial score (nSPS) is 14.3. The second-order valence-corrected chi connectivity index (χ2v) is 12.2. The predicted octanol–water partition coefficient (Wildman–Crippen LogP) is 6.37. The number of imidazole rings is 1. The highest BCUT2D eigenvalue weighted by Crippen LogP contribution is 2.38. The van der Waals surface area contributed by atoms with Gasteiger partial charge in [0.1, 0.15) is 23.8 Å². The third-order valence-electron chi connectivity index (χ3n) is 7.11. The first-order valence-corrected chi connectivity index (χ1v) is 15.3. The van der Waals surface area contributed by atoms with E-state index in [2.05, 4.69) is 32.3 Å².